The maximum atomic E-state index is 13.1. The van der Waals surface area contributed by atoms with Gasteiger partial charge < -0.3 is 14.4 Å². The van der Waals surface area contributed by atoms with Crippen LogP contribution >= 0.6 is 0 Å². The monoisotopic (exact) mass is 422 g/mol. The van der Waals surface area contributed by atoms with Crippen molar-refractivity contribution in [2.45, 2.75) is 18.4 Å². The second-order valence-electron chi connectivity index (χ2n) is 6.56. The number of nitrogens with zero attached hydrogens (tertiary/aromatic N) is 2. The molecule has 2 aromatic carbocycles. The van der Waals surface area contributed by atoms with Crippen molar-refractivity contribution in [2.24, 2.45) is 0 Å². The number of sulfonamides is 1. The van der Waals surface area contributed by atoms with E-state index in [2.05, 4.69) is 0 Å². The molecule has 1 heterocycles. The van der Waals surface area contributed by atoms with E-state index in [9.17, 15) is 17.6 Å². The molecule has 7 nitrogen and oxygen atoms in total. The highest BCUT2D eigenvalue weighted by atomic mass is 32.2. The van der Waals surface area contributed by atoms with Crippen LogP contribution in [-0.4, -0.2) is 56.9 Å². The molecule has 0 aromatic heterocycles. The molecule has 0 bridgehead atoms. The summed E-state index contributed by atoms with van der Waals surface area (Å²) < 4.78 is 50.6. The predicted octanol–water partition coefficient (Wildman–Crippen LogP) is 2.27. The molecule has 1 aliphatic heterocycles. The first-order chi connectivity index (χ1) is 13.8. The number of ether oxygens (including phenoxy) is 2. The summed E-state index contributed by atoms with van der Waals surface area (Å²) in [7, 11) is -2.58. The standard InChI is InChI=1S/C20H23FN2O5S/c1-3-23(13-15-5-4-6-18-20(15)28-12-11-27-18)19(24)14-22(2)29(25,26)17-9-7-16(21)8-10-17/h4-10H,3,11-14H2,1-2H3. The first-order valence-corrected chi connectivity index (χ1v) is 10.6. The minimum absolute atomic E-state index is 0.0695. The Hall–Kier alpha value is -2.65. The van der Waals surface area contributed by atoms with Gasteiger partial charge in [-0.25, -0.2) is 12.8 Å². The molecule has 0 saturated carbocycles. The average Bonchev–Trinajstić information content (AvgIpc) is 2.72. The molecule has 1 aliphatic rings. The molecule has 3 rings (SSSR count). The van der Waals surface area contributed by atoms with Crippen molar-refractivity contribution in [1.82, 2.24) is 9.21 Å². The summed E-state index contributed by atoms with van der Waals surface area (Å²) >= 11 is 0. The van der Waals surface area contributed by atoms with E-state index in [0.717, 1.165) is 22.0 Å². The van der Waals surface area contributed by atoms with Crippen molar-refractivity contribution in [1.29, 1.82) is 0 Å². The number of hydrogen-bond donors (Lipinski definition) is 0. The normalized spacial score (nSPS) is 13.4. The van der Waals surface area contributed by atoms with Crippen LogP contribution in [0.4, 0.5) is 4.39 Å². The molecule has 0 spiro atoms. The molecule has 156 valence electrons. The minimum atomic E-state index is -3.91. The van der Waals surface area contributed by atoms with Gasteiger partial charge in [-0.15, -0.1) is 0 Å². The van der Waals surface area contributed by atoms with Gasteiger partial charge in [-0.05, 0) is 37.3 Å². The van der Waals surface area contributed by atoms with Crippen molar-refractivity contribution in [2.75, 3.05) is 33.4 Å². The Morgan fingerprint density at radius 3 is 2.48 bits per heavy atom. The Morgan fingerprint density at radius 1 is 1.10 bits per heavy atom. The van der Waals surface area contributed by atoms with E-state index in [4.69, 9.17) is 9.47 Å². The number of carbonyl (C=O) groups excluding carboxylic acids is 1. The van der Waals surface area contributed by atoms with Crippen LogP contribution in [0.2, 0.25) is 0 Å². The average molecular weight is 422 g/mol. The van der Waals surface area contributed by atoms with Crippen LogP contribution in [0, 0.1) is 5.82 Å². The van der Waals surface area contributed by atoms with Gasteiger partial charge in [-0.2, -0.15) is 4.31 Å². The third-order valence-electron chi connectivity index (χ3n) is 4.62. The fourth-order valence-corrected chi connectivity index (χ4v) is 4.12. The Kier molecular flexibility index (Phi) is 6.39. The van der Waals surface area contributed by atoms with Gasteiger partial charge in [0, 0.05) is 25.7 Å². The fourth-order valence-electron chi connectivity index (χ4n) is 3.00. The maximum absolute atomic E-state index is 13.1. The quantitative estimate of drug-likeness (QED) is 0.684. The van der Waals surface area contributed by atoms with Gasteiger partial charge >= 0.3 is 0 Å². The molecule has 2 aromatic rings. The summed E-state index contributed by atoms with van der Waals surface area (Å²) in [5, 5.41) is 0. The van der Waals surface area contributed by atoms with Crippen molar-refractivity contribution in [3.63, 3.8) is 0 Å². The van der Waals surface area contributed by atoms with E-state index in [1.165, 1.54) is 19.2 Å². The van der Waals surface area contributed by atoms with E-state index in [-0.39, 0.29) is 23.9 Å². The zero-order chi connectivity index (χ0) is 21.0. The van der Waals surface area contributed by atoms with E-state index in [1.807, 2.05) is 19.1 Å². The van der Waals surface area contributed by atoms with Crippen LogP contribution in [0.25, 0.3) is 0 Å². The Labute approximate surface area is 169 Å². The molecule has 0 aliphatic carbocycles. The lowest BCUT2D eigenvalue weighted by molar-refractivity contribution is -0.131. The summed E-state index contributed by atoms with van der Waals surface area (Å²) in [5.74, 6) is 0.359. The summed E-state index contributed by atoms with van der Waals surface area (Å²) in [4.78, 5) is 14.3. The number of carbonyl (C=O) groups is 1. The molecule has 0 atom stereocenters. The molecule has 1 amide bonds. The second kappa shape index (κ2) is 8.79. The van der Waals surface area contributed by atoms with Gasteiger partial charge in [0.1, 0.15) is 19.0 Å². The molecule has 0 radical (unpaired) electrons. The van der Waals surface area contributed by atoms with Gasteiger partial charge in [0.25, 0.3) is 0 Å². The first-order valence-electron chi connectivity index (χ1n) is 9.20. The molecule has 0 fully saturated rings. The van der Waals surface area contributed by atoms with Crippen molar-refractivity contribution >= 4 is 15.9 Å². The lowest BCUT2D eigenvalue weighted by atomic mass is 10.1. The number of para-hydroxylation sites is 1. The number of benzene rings is 2. The van der Waals surface area contributed by atoms with Crippen LogP contribution in [-0.2, 0) is 21.4 Å². The number of rotatable bonds is 7. The summed E-state index contributed by atoms with van der Waals surface area (Å²) in [6, 6.07) is 9.98. The zero-order valence-corrected chi connectivity index (χ0v) is 17.1. The molecule has 0 N–H and O–H groups in total. The van der Waals surface area contributed by atoms with Gasteiger partial charge in [-0.3, -0.25) is 4.79 Å². The summed E-state index contributed by atoms with van der Waals surface area (Å²) in [6.07, 6.45) is 0. The lowest BCUT2D eigenvalue weighted by Gasteiger charge is -2.27. The first kappa shape index (κ1) is 21.1. The largest absolute Gasteiger partial charge is 0.486 e. The van der Waals surface area contributed by atoms with Gasteiger partial charge in [0.05, 0.1) is 11.4 Å². The third-order valence-corrected chi connectivity index (χ3v) is 6.44. The van der Waals surface area contributed by atoms with Crippen LogP contribution in [0.1, 0.15) is 12.5 Å². The Bertz CT molecular complexity index is 979. The smallest absolute Gasteiger partial charge is 0.243 e. The molecular formula is C20H23FN2O5S. The second-order valence-corrected chi connectivity index (χ2v) is 8.61. The lowest BCUT2D eigenvalue weighted by Crippen LogP contribution is -2.40. The van der Waals surface area contributed by atoms with Crippen molar-refractivity contribution < 1.29 is 27.1 Å². The summed E-state index contributed by atoms with van der Waals surface area (Å²) in [6.45, 7) is 3.06. The number of fused-ring (bicyclic) bond motifs is 1. The highest BCUT2D eigenvalue weighted by Gasteiger charge is 2.26. The van der Waals surface area contributed by atoms with E-state index in [0.29, 0.717) is 31.3 Å². The molecule has 29 heavy (non-hydrogen) atoms. The van der Waals surface area contributed by atoms with Crippen molar-refractivity contribution in [3.05, 3.63) is 53.8 Å². The summed E-state index contributed by atoms with van der Waals surface area (Å²) in [5.41, 5.74) is 0.793. The molecule has 9 heteroatoms. The Balaban J connectivity index is 1.72. The van der Waals surface area contributed by atoms with Gasteiger partial charge in [0.2, 0.25) is 15.9 Å². The van der Waals surface area contributed by atoms with Gasteiger partial charge in [-0.1, -0.05) is 12.1 Å². The minimum Gasteiger partial charge on any atom is -0.486 e. The highest BCUT2D eigenvalue weighted by molar-refractivity contribution is 7.89. The van der Waals surface area contributed by atoms with E-state index < -0.39 is 15.8 Å². The third kappa shape index (κ3) is 4.68. The van der Waals surface area contributed by atoms with E-state index in [1.54, 1.807) is 11.0 Å². The molecule has 0 unspecified atom stereocenters. The number of likely N-dealkylation sites (N-methyl/N-ethyl adjacent to an activating group) is 2. The van der Waals surface area contributed by atoms with Crippen molar-refractivity contribution in [3.8, 4) is 11.5 Å². The number of halogens is 1. The van der Waals surface area contributed by atoms with Gasteiger partial charge in [0.15, 0.2) is 11.5 Å². The molecule has 0 saturated heterocycles. The van der Waals surface area contributed by atoms with Crippen LogP contribution in [0.3, 0.4) is 0 Å². The van der Waals surface area contributed by atoms with Crippen LogP contribution in [0.15, 0.2) is 47.4 Å². The topological polar surface area (TPSA) is 76.2 Å². The highest BCUT2D eigenvalue weighted by Crippen LogP contribution is 2.34. The Morgan fingerprint density at radius 2 is 1.79 bits per heavy atom. The molecular weight excluding hydrogens is 399 g/mol. The SMILES string of the molecule is CCN(Cc1cccc2c1OCCO2)C(=O)CN(C)S(=O)(=O)c1ccc(F)cc1. The number of hydrogen-bond acceptors (Lipinski definition) is 5. The zero-order valence-electron chi connectivity index (χ0n) is 16.3. The maximum Gasteiger partial charge on any atom is 0.243 e. The van der Waals surface area contributed by atoms with Crippen LogP contribution < -0.4 is 9.47 Å². The predicted molar refractivity (Wildman–Crippen MR) is 105 cm³/mol. The fraction of sp³-hybridized carbons (Fsp3) is 0.350. The van der Waals surface area contributed by atoms with E-state index >= 15 is 0 Å². The number of amides is 1. The van der Waals surface area contributed by atoms with Crippen LogP contribution in [0.5, 0.6) is 11.5 Å².